The Morgan fingerprint density at radius 2 is 2.00 bits per heavy atom. The highest BCUT2D eigenvalue weighted by Gasteiger charge is 2.22. The van der Waals surface area contributed by atoms with Gasteiger partial charge in [-0.05, 0) is 61.9 Å². The molecule has 0 amide bonds. The Morgan fingerprint density at radius 3 is 2.69 bits per heavy atom. The molecule has 1 atom stereocenters. The summed E-state index contributed by atoms with van der Waals surface area (Å²) in [5, 5.41) is 3.44. The molecule has 1 aromatic rings. The van der Waals surface area contributed by atoms with Crippen LogP contribution in [0.5, 0.6) is 0 Å². The molecule has 0 bridgehead atoms. The lowest BCUT2D eigenvalue weighted by atomic mass is 9.80. The summed E-state index contributed by atoms with van der Waals surface area (Å²) in [5.74, 6) is 1.52. The Bertz CT molecular complexity index is 356. The molecule has 1 aromatic carbocycles. The van der Waals surface area contributed by atoms with E-state index in [2.05, 4.69) is 53.3 Å². The summed E-state index contributed by atoms with van der Waals surface area (Å²) in [7, 11) is 0. The smallest absolute Gasteiger partial charge is 0.0207 e. The van der Waals surface area contributed by atoms with E-state index in [1.807, 2.05) is 0 Å². The van der Waals surface area contributed by atoms with Crippen molar-refractivity contribution in [3.8, 4) is 0 Å². The van der Waals surface area contributed by atoms with Gasteiger partial charge in [0.1, 0.15) is 0 Å². The molecule has 2 rings (SSSR count). The van der Waals surface area contributed by atoms with Crippen molar-refractivity contribution in [3.05, 3.63) is 33.8 Å². The van der Waals surface area contributed by atoms with Gasteiger partial charge in [0, 0.05) is 4.47 Å². The number of hydrogen-bond donors (Lipinski definition) is 1. The highest BCUT2D eigenvalue weighted by molar-refractivity contribution is 9.10. The number of benzene rings is 1. The van der Waals surface area contributed by atoms with Crippen LogP contribution in [0.15, 0.2) is 22.7 Å². The van der Waals surface area contributed by atoms with Crippen molar-refractivity contribution in [1.82, 2.24) is 5.32 Å². The minimum atomic E-state index is 0.680. The van der Waals surface area contributed by atoms with Gasteiger partial charge in [-0.25, -0.2) is 0 Å². The first-order valence-electron chi connectivity index (χ1n) is 6.16. The summed E-state index contributed by atoms with van der Waals surface area (Å²) in [6, 6.07) is 6.57. The zero-order chi connectivity index (χ0) is 11.5. The van der Waals surface area contributed by atoms with E-state index < -0.39 is 0 Å². The molecule has 16 heavy (non-hydrogen) atoms. The van der Waals surface area contributed by atoms with Crippen LogP contribution in [-0.4, -0.2) is 13.1 Å². The Hall–Kier alpha value is -0.340. The average Bonchev–Trinajstić information content (AvgIpc) is 2.33. The molecule has 1 unspecified atom stereocenters. The predicted octanol–water partition coefficient (Wildman–Crippen LogP) is 3.86. The molecule has 88 valence electrons. The normalized spacial score (nSPS) is 19.7. The maximum absolute atomic E-state index is 3.63. The first-order valence-corrected chi connectivity index (χ1v) is 6.95. The van der Waals surface area contributed by atoms with E-state index in [0.717, 1.165) is 5.92 Å². The topological polar surface area (TPSA) is 12.0 Å². The van der Waals surface area contributed by atoms with Crippen molar-refractivity contribution in [3.63, 3.8) is 0 Å². The molecular formula is C14H20BrN. The predicted molar refractivity (Wildman–Crippen MR) is 72.9 cm³/mol. The van der Waals surface area contributed by atoms with Crippen LogP contribution in [0, 0.1) is 12.8 Å². The van der Waals surface area contributed by atoms with Gasteiger partial charge in [-0.1, -0.05) is 35.0 Å². The highest BCUT2D eigenvalue weighted by atomic mass is 79.9. The van der Waals surface area contributed by atoms with Crippen LogP contribution in [0.1, 0.15) is 36.8 Å². The number of halogens is 1. The van der Waals surface area contributed by atoms with E-state index in [1.165, 1.54) is 41.5 Å². The highest BCUT2D eigenvalue weighted by Crippen LogP contribution is 2.34. The van der Waals surface area contributed by atoms with Gasteiger partial charge in [-0.2, -0.15) is 0 Å². The van der Waals surface area contributed by atoms with Crippen molar-refractivity contribution in [1.29, 1.82) is 0 Å². The summed E-state index contributed by atoms with van der Waals surface area (Å²) >= 11 is 3.63. The van der Waals surface area contributed by atoms with Crippen LogP contribution in [0.25, 0.3) is 0 Å². The molecule has 0 spiro atoms. The summed E-state index contributed by atoms with van der Waals surface area (Å²) in [6.45, 7) is 6.96. The third-order valence-electron chi connectivity index (χ3n) is 3.89. The van der Waals surface area contributed by atoms with E-state index >= 15 is 0 Å². The van der Waals surface area contributed by atoms with Crippen LogP contribution >= 0.6 is 15.9 Å². The number of nitrogens with one attached hydrogen (secondary N) is 1. The Labute approximate surface area is 107 Å². The molecule has 1 aliphatic rings. The minimum Gasteiger partial charge on any atom is -0.317 e. The zero-order valence-electron chi connectivity index (χ0n) is 10.1. The fraction of sp³-hybridized carbons (Fsp3) is 0.571. The second-order valence-electron chi connectivity index (χ2n) is 4.83. The largest absolute Gasteiger partial charge is 0.317 e. The molecule has 0 radical (unpaired) electrons. The fourth-order valence-electron chi connectivity index (χ4n) is 2.72. The third kappa shape index (κ3) is 2.49. The first kappa shape index (κ1) is 12.1. The van der Waals surface area contributed by atoms with Crippen LogP contribution in [0.4, 0.5) is 0 Å². The van der Waals surface area contributed by atoms with Gasteiger partial charge in [0.15, 0.2) is 0 Å². The first-order chi connectivity index (χ1) is 7.70. The van der Waals surface area contributed by atoms with E-state index in [1.54, 1.807) is 0 Å². The average molecular weight is 282 g/mol. The lowest BCUT2D eigenvalue weighted by molar-refractivity contribution is 0.329. The summed E-state index contributed by atoms with van der Waals surface area (Å²) in [6.07, 6.45) is 2.63. The van der Waals surface area contributed by atoms with Gasteiger partial charge < -0.3 is 5.32 Å². The number of hydrogen-bond acceptors (Lipinski definition) is 1. The maximum Gasteiger partial charge on any atom is 0.0207 e. The Morgan fingerprint density at radius 1 is 1.31 bits per heavy atom. The maximum atomic E-state index is 3.63. The Balaban J connectivity index is 2.19. The van der Waals surface area contributed by atoms with Crippen molar-refractivity contribution in [2.75, 3.05) is 13.1 Å². The minimum absolute atomic E-state index is 0.680. The molecule has 0 saturated carbocycles. The van der Waals surface area contributed by atoms with E-state index in [9.17, 15) is 0 Å². The second kappa shape index (κ2) is 5.33. The molecular weight excluding hydrogens is 262 g/mol. The van der Waals surface area contributed by atoms with Gasteiger partial charge in [0.05, 0.1) is 0 Å². The standard InChI is InChI=1S/C14H20BrN/c1-10(12-6-8-16-9-7-12)13-4-3-5-14(15)11(13)2/h3-5,10,12,16H,6-9H2,1-2H3. The van der Waals surface area contributed by atoms with Crippen LogP contribution in [0.3, 0.4) is 0 Å². The molecule has 0 aromatic heterocycles. The third-order valence-corrected chi connectivity index (χ3v) is 4.75. The van der Waals surface area contributed by atoms with Crippen molar-refractivity contribution in [2.24, 2.45) is 5.92 Å². The van der Waals surface area contributed by atoms with Crippen molar-refractivity contribution < 1.29 is 0 Å². The number of piperidine rings is 1. The van der Waals surface area contributed by atoms with E-state index in [0.29, 0.717) is 5.92 Å². The lowest BCUT2D eigenvalue weighted by Crippen LogP contribution is -2.30. The molecule has 2 heteroatoms. The summed E-state index contributed by atoms with van der Waals surface area (Å²) < 4.78 is 1.24. The molecule has 1 N–H and O–H groups in total. The summed E-state index contributed by atoms with van der Waals surface area (Å²) in [4.78, 5) is 0. The van der Waals surface area contributed by atoms with Crippen molar-refractivity contribution in [2.45, 2.75) is 32.6 Å². The van der Waals surface area contributed by atoms with Gasteiger partial charge in [0.25, 0.3) is 0 Å². The van der Waals surface area contributed by atoms with Crippen molar-refractivity contribution >= 4 is 15.9 Å². The van der Waals surface area contributed by atoms with E-state index in [-0.39, 0.29) is 0 Å². The Kier molecular flexibility index (Phi) is 4.04. The van der Waals surface area contributed by atoms with Crippen LogP contribution in [-0.2, 0) is 0 Å². The van der Waals surface area contributed by atoms with Gasteiger partial charge >= 0.3 is 0 Å². The number of rotatable bonds is 2. The van der Waals surface area contributed by atoms with Gasteiger partial charge in [-0.3, -0.25) is 0 Å². The monoisotopic (exact) mass is 281 g/mol. The quantitative estimate of drug-likeness (QED) is 0.868. The van der Waals surface area contributed by atoms with Crippen LogP contribution < -0.4 is 5.32 Å². The van der Waals surface area contributed by atoms with Gasteiger partial charge in [-0.15, -0.1) is 0 Å². The molecule has 1 nitrogen and oxygen atoms in total. The SMILES string of the molecule is Cc1c(Br)cccc1C(C)C1CCNCC1. The summed E-state index contributed by atoms with van der Waals surface area (Å²) in [5.41, 5.74) is 2.93. The molecule has 1 fully saturated rings. The molecule has 0 aliphatic carbocycles. The van der Waals surface area contributed by atoms with E-state index in [4.69, 9.17) is 0 Å². The lowest BCUT2D eigenvalue weighted by Gasteiger charge is -2.29. The molecule has 1 saturated heterocycles. The molecule has 1 aliphatic heterocycles. The van der Waals surface area contributed by atoms with Gasteiger partial charge in [0.2, 0.25) is 0 Å². The zero-order valence-corrected chi connectivity index (χ0v) is 11.7. The van der Waals surface area contributed by atoms with Crippen LogP contribution in [0.2, 0.25) is 0 Å². The fourth-order valence-corrected chi connectivity index (χ4v) is 3.10. The second-order valence-corrected chi connectivity index (χ2v) is 5.68. The molecule has 1 heterocycles.